The van der Waals surface area contributed by atoms with Gasteiger partial charge in [-0.05, 0) is 30.0 Å². The number of phenolic OH excluding ortho intramolecular Hbond substituents is 1. The Balaban J connectivity index is 2.11. The summed E-state index contributed by atoms with van der Waals surface area (Å²) in [7, 11) is 1.39. The van der Waals surface area contributed by atoms with Crippen molar-refractivity contribution in [1.29, 1.82) is 0 Å². The SMILES string of the molecule is COc1c(O)ccc(-c2cccc3c2COC3=O)c1OC(=O)CCSC. The van der Waals surface area contributed by atoms with Crippen molar-refractivity contribution >= 4 is 23.7 Å². The minimum Gasteiger partial charge on any atom is -0.504 e. The summed E-state index contributed by atoms with van der Waals surface area (Å²) in [6.45, 7) is 0.146. The molecule has 0 atom stereocenters. The largest absolute Gasteiger partial charge is 0.504 e. The first-order chi connectivity index (χ1) is 12.6. The number of phenols is 1. The predicted octanol–water partition coefficient (Wildman–Crippen LogP) is 3.40. The number of carbonyl (C=O) groups excluding carboxylic acids is 2. The standard InChI is InChI=1S/C19H18O6S/c1-23-18-15(20)7-6-12(17(18)25-16(21)8-9-26-2)11-4-3-5-13-14(11)10-24-19(13)22/h3-7,20H,8-10H2,1-2H3. The van der Waals surface area contributed by atoms with Crippen LogP contribution in [-0.4, -0.2) is 36.2 Å². The minimum atomic E-state index is -0.426. The highest BCUT2D eigenvalue weighted by Crippen LogP contribution is 2.46. The van der Waals surface area contributed by atoms with Gasteiger partial charge in [-0.3, -0.25) is 4.79 Å². The molecular formula is C19H18O6S. The summed E-state index contributed by atoms with van der Waals surface area (Å²) in [5, 5.41) is 10.1. The summed E-state index contributed by atoms with van der Waals surface area (Å²) < 4.78 is 15.9. The first kappa shape index (κ1) is 18.1. The molecule has 26 heavy (non-hydrogen) atoms. The van der Waals surface area contributed by atoms with Crippen LogP contribution < -0.4 is 9.47 Å². The van der Waals surface area contributed by atoms with E-state index < -0.39 is 5.97 Å². The van der Waals surface area contributed by atoms with Gasteiger partial charge in [0.05, 0.1) is 19.1 Å². The van der Waals surface area contributed by atoms with E-state index in [2.05, 4.69) is 0 Å². The van der Waals surface area contributed by atoms with E-state index in [9.17, 15) is 14.7 Å². The Morgan fingerprint density at radius 3 is 2.69 bits per heavy atom. The molecule has 1 N–H and O–H groups in total. The molecule has 1 aliphatic heterocycles. The van der Waals surface area contributed by atoms with E-state index in [0.29, 0.717) is 28.0 Å². The second kappa shape index (κ2) is 7.70. The molecule has 0 fully saturated rings. The minimum absolute atomic E-state index is 0.0721. The first-order valence-electron chi connectivity index (χ1n) is 7.95. The molecular weight excluding hydrogens is 356 g/mol. The zero-order valence-corrected chi connectivity index (χ0v) is 15.2. The maximum atomic E-state index is 12.2. The summed E-state index contributed by atoms with van der Waals surface area (Å²) >= 11 is 1.54. The normalized spacial score (nSPS) is 12.5. The first-order valence-corrected chi connectivity index (χ1v) is 9.35. The Bertz CT molecular complexity index is 861. The van der Waals surface area contributed by atoms with Crippen LogP contribution in [0.15, 0.2) is 30.3 Å². The number of methoxy groups -OCH3 is 1. The van der Waals surface area contributed by atoms with Gasteiger partial charge in [0.25, 0.3) is 0 Å². The third-order valence-electron chi connectivity index (χ3n) is 4.06. The fraction of sp³-hybridized carbons (Fsp3) is 0.263. The van der Waals surface area contributed by atoms with E-state index in [-0.39, 0.29) is 36.2 Å². The molecule has 0 aliphatic carbocycles. The summed E-state index contributed by atoms with van der Waals surface area (Å²) in [4.78, 5) is 24.0. The molecule has 0 saturated heterocycles. The molecule has 1 aliphatic rings. The summed E-state index contributed by atoms with van der Waals surface area (Å²) in [5.74, 6) is -0.119. The number of ether oxygens (including phenoxy) is 3. The van der Waals surface area contributed by atoms with Gasteiger partial charge in [0.15, 0.2) is 11.5 Å². The highest BCUT2D eigenvalue weighted by atomic mass is 32.2. The molecule has 0 saturated carbocycles. The van der Waals surface area contributed by atoms with Crippen molar-refractivity contribution in [1.82, 2.24) is 0 Å². The van der Waals surface area contributed by atoms with E-state index >= 15 is 0 Å². The van der Waals surface area contributed by atoms with Crippen LogP contribution in [0.1, 0.15) is 22.3 Å². The average molecular weight is 374 g/mol. The Morgan fingerprint density at radius 1 is 1.19 bits per heavy atom. The lowest BCUT2D eigenvalue weighted by Gasteiger charge is -2.16. The number of thioether (sulfide) groups is 1. The van der Waals surface area contributed by atoms with Crippen LogP contribution in [0.3, 0.4) is 0 Å². The third kappa shape index (κ3) is 3.35. The van der Waals surface area contributed by atoms with Crippen molar-refractivity contribution in [3.05, 3.63) is 41.5 Å². The molecule has 6 nitrogen and oxygen atoms in total. The second-order valence-electron chi connectivity index (χ2n) is 5.62. The summed E-state index contributed by atoms with van der Waals surface area (Å²) in [5.41, 5.74) is 2.44. The molecule has 136 valence electrons. The molecule has 0 bridgehead atoms. The molecule has 0 aromatic heterocycles. The molecule has 0 amide bonds. The van der Waals surface area contributed by atoms with Crippen molar-refractivity contribution < 1.29 is 28.9 Å². The van der Waals surface area contributed by atoms with Gasteiger partial charge in [-0.1, -0.05) is 12.1 Å². The van der Waals surface area contributed by atoms with Gasteiger partial charge in [0.2, 0.25) is 5.75 Å². The number of benzene rings is 2. The van der Waals surface area contributed by atoms with Gasteiger partial charge in [-0.15, -0.1) is 0 Å². The number of rotatable bonds is 6. The van der Waals surface area contributed by atoms with Crippen LogP contribution >= 0.6 is 11.8 Å². The van der Waals surface area contributed by atoms with Crippen molar-refractivity contribution in [3.63, 3.8) is 0 Å². The molecule has 2 aromatic rings. The topological polar surface area (TPSA) is 82.1 Å². The van der Waals surface area contributed by atoms with Crippen LogP contribution in [0, 0.1) is 0 Å². The predicted molar refractivity (Wildman–Crippen MR) is 97.8 cm³/mol. The van der Waals surface area contributed by atoms with Crippen LogP contribution in [0.4, 0.5) is 0 Å². The Kier molecular flexibility index (Phi) is 5.37. The van der Waals surface area contributed by atoms with Crippen LogP contribution in [-0.2, 0) is 16.1 Å². The number of carbonyl (C=O) groups is 2. The van der Waals surface area contributed by atoms with E-state index in [1.165, 1.54) is 24.9 Å². The number of aromatic hydroxyl groups is 1. The molecule has 1 heterocycles. The van der Waals surface area contributed by atoms with Crippen LogP contribution in [0.5, 0.6) is 17.2 Å². The fourth-order valence-electron chi connectivity index (χ4n) is 2.81. The van der Waals surface area contributed by atoms with Crippen molar-refractivity contribution in [2.45, 2.75) is 13.0 Å². The summed E-state index contributed by atoms with van der Waals surface area (Å²) in [6, 6.07) is 8.33. The summed E-state index contributed by atoms with van der Waals surface area (Å²) in [6.07, 6.45) is 2.13. The van der Waals surface area contributed by atoms with Gasteiger partial charge in [0, 0.05) is 16.9 Å². The maximum absolute atomic E-state index is 12.2. The van der Waals surface area contributed by atoms with E-state index in [1.807, 2.05) is 12.3 Å². The zero-order chi connectivity index (χ0) is 18.7. The van der Waals surface area contributed by atoms with Crippen molar-refractivity contribution in [3.8, 4) is 28.4 Å². The maximum Gasteiger partial charge on any atom is 0.338 e. The molecule has 3 rings (SSSR count). The van der Waals surface area contributed by atoms with Crippen molar-refractivity contribution in [2.75, 3.05) is 19.1 Å². The monoisotopic (exact) mass is 374 g/mol. The molecule has 0 radical (unpaired) electrons. The Morgan fingerprint density at radius 2 is 1.96 bits per heavy atom. The van der Waals surface area contributed by atoms with E-state index in [0.717, 1.165) is 0 Å². The average Bonchev–Trinajstić information content (AvgIpc) is 3.02. The lowest BCUT2D eigenvalue weighted by molar-refractivity contribution is -0.133. The van der Waals surface area contributed by atoms with Crippen molar-refractivity contribution in [2.24, 2.45) is 0 Å². The number of fused-ring (bicyclic) bond motifs is 1. The van der Waals surface area contributed by atoms with Crippen LogP contribution in [0.25, 0.3) is 11.1 Å². The molecule has 7 heteroatoms. The van der Waals surface area contributed by atoms with Gasteiger partial charge in [-0.2, -0.15) is 11.8 Å². The number of cyclic esters (lactones) is 1. The quantitative estimate of drug-likeness (QED) is 0.613. The van der Waals surface area contributed by atoms with Gasteiger partial charge < -0.3 is 19.3 Å². The smallest absolute Gasteiger partial charge is 0.338 e. The van der Waals surface area contributed by atoms with E-state index in [4.69, 9.17) is 14.2 Å². The fourth-order valence-corrected chi connectivity index (χ4v) is 3.19. The molecule has 0 spiro atoms. The molecule has 0 unspecified atom stereocenters. The number of hydrogen-bond donors (Lipinski definition) is 1. The highest BCUT2D eigenvalue weighted by molar-refractivity contribution is 7.98. The Labute approximate surface area is 155 Å². The lowest BCUT2D eigenvalue weighted by atomic mass is 9.95. The van der Waals surface area contributed by atoms with Gasteiger partial charge in [0.1, 0.15) is 6.61 Å². The number of hydrogen-bond acceptors (Lipinski definition) is 7. The highest BCUT2D eigenvalue weighted by Gasteiger charge is 2.27. The van der Waals surface area contributed by atoms with Gasteiger partial charge in [-0.25, -0.2) is 4.79 Å². The van der Waals surface area contributed by atoms with E-state index in [1.54, 1.807) is 18.2 Å². The zero-order valence-electron chi connectivity index (χ0n) is 14.4. The van der Waals surface area contributed by atoms with Crippen LogP contribution in [0.2, 0.25) is 0 Å². The van der Waals surface area contributed by atoms with Gasteiger partial charge >= 0.3 is 11.9 Å². The third-order valence-corrected chi connectivity index (χ3v) is 4.67. The molecule has 2 aromatic carbocycles. The Hall–Kier alpha value is -2.67. The second-order valence-corrected chi connectivity index (χ2v) is 6.60. The lowest BCUT2D eigenvalue weighted by Crippen LogP contribution is -2.10. The number of esters is 2.